The minimum Gasteiger partial charge on any atom is -0.494 e. The third-order valence-corrected chi connectivity index (χ3v) is 3.58. The predicted octanol–water partition coefficient (Wildman–Crippen LogP) is 3.23. The van der Waals surface area contributed by atoms with Gasteiger partial charge in [0.05, 0.1) is 13.2 Å². The van der Waals surface area contributed by atoms with Crippen LogP contribution in [0.2, 0.25) is 0 Å². The maximum absolute atomic E-state index is 11.7. The fourth-order valence-corrected chi connectivity index (χ4v) is 2.30. The van der Waals surface area contributed by atoms with E-state index in [1.807, 2.05) is 29.6 Å². The highest BCUT2D eigenvalue weighted by Crippen LogP contribution is 2.17. The molecule has 1 N–H and O–H groups in total. The molecule has 0 saturated carbocycles. The predicted molar refractivity (Wildman–Crippen MR) is 83.9 cm³/mol. The van der Waals surface area contributed by atoms with E-state index in [0.29, 0.717) is 18.9 Å². The van der Waals surface area contributed by atoms with Crippen molar-refractivity contribution >= 4 is 17.2 Å². The standard InChI is InChI=1S/C16H19NO3S/c1-2-9-19-13-5-7-14(8-6-13)20-12-16(18)17-11-15-4-3-10-21-15/h3-8,10H,2,9,11-12H2,1H3,(H,17,18). The van der Waals surface area contributed by atoms with E-state index in [0.717, 1.165) is 17.0 Å². The molecule has 0 aliphatic carbocycles. The molecule has 0 aliphatic rings. The lowest BCUT2D eigenvalue weighted by molar-refractivity contribution is -0.123. The van der Waals surface area contributed by atoms with Crippen molar-refractivity contribution in [1.82, 2.24) is 5.32 Å². The molecular formula is C16H19NO3S. The van der Waals surface area contributed by atoms with E-state index >= 15 is 0 Å². The summed E-state index contributed by atoms with van der Waals surface area (Å²) in [5, 5.41) is 4.80. The number of nitrogens with one attached hydrogen (secondary N) is 1. The summed E-state index contributed by atoms with van der Waals surface area (Å²) in [5.74, 6) is 1.34. The number of hydrogen-bond donors (Lipinski definition) is 1. The highest BCUT2D eigenvalue weighted by Gasteiger charge is 2.03. The van der Waals surface area contributed by atoms with E-state index in [9.17, 15) is 4.79 Å². The number of benzene rings is 1. The monoisotopic (exact) mass is 305 g/mol. The molecule has 112 valence electrons. The van der Waals surface area contributed by atoms with E-state index in [1.54, 1.807) is 23.5 Å². The maximum Gasteiger partial charge on any atom is 0.258 e. The summed E-state index contributed by atoms with van der Waals surface area (Å²) in [6, 6.07) is 11.2. The molecule has 2 rings (SSSR count). The Bertz CT molecular complexity index is 537. The molecule has 1 aromatic carbocycles. The minimum absolute atomic E-state index is 0.0144. The molecule has 1 heterocycles. The van der Waals surface area contributed by atoms with E-state index in [-0.39, 0.29) is 12.5 Å². The molecule has 21 heavy (non-hydrogen) atoms. The van der Waals surface area contributed by atoms with Crippen LogP contribution in [0.4, 0.5) is 0 Å². The van der Waals surface area contributed by atoms with Crippen LogP contribution in [0.15, 0.2) is 41.8 Å². The van der Waals surface area contributed by atoms with Crippen molar-refractivity contribution in [1.29, 1.82) is 0 Å². The van der Waals surface area contributed by atoms with Gasteiger partial charge in [-0.15, -0.1) is 11.3 Å². The first-order valence-electron chi connectivity index (χ1n) is 6.92. The van der Waals surface area contributed by atoms with Crippen LogP contribution in [-0.2, 0) is 11.3 Å². The molecule has 4 nitrogen and oxygen atoms in total. The summed E-state index contributed by atoms with van der Waals surface area (Å²) in [5.41, 5.74) is 0. The molecule has 0 radical (unpaired) electrons. The Morgan fingerprint density at radius 2 is 1.86 bits per heavy atom. The van der Waals surface area contributed by atoms with Gasteiger partial charge in [-0.05, 0) is 42.1 Å². The van der Waals surface area contributed by atoms with Crippen molar-refractivity contribution in [3.63, 3.8) is 0 Å². The van der Waals surface area contributed by atoms with E-state index in [2.05, 4.69) is 12.2 Å². The minimum atomic E-state index is -0.130. The van der Waals surface area contributed by atoms with Gasteiger partial charge in [0.1, 0.15) is 11.5 Å². The quantitative estimate of drug-likeness (QED) is 0.814. The zero-order chi connectivity index (χ0) is 14.9. The Labute approximate surface area is 128 Å². The van der Waals surface area contributed by atoms with Crippen LogP contribution in [0.3, 0.4) is 0 Å². The van der Waals surface area contributed by atoms with Gasteiger partial charge in [-0.3, -0.25) is 4.79 Å². The average Bonchev–Trinajstić information content (AvgIpc) is 3.03. The van der Waals surface area contributed by atoms with Crippen LogP contribution in [0.1, 0.15) is 18.2 Å². The first-order valence-corrected chi connectivity index (χ1v) is 7.80. The first kappa shape index (κ1) is 15.4. The zero-order valence-corrected chi connectivity index (χ0v) is 12.8. The van der Waals surface area contributed by atoms with Crippen LogP contribution < -0.4 is 14.8 Å². The Hall–Kier alpha value is -2.01. The van der Waals surface area contributed by atoms with Gasteiger partial charge in [0.2, 0.25) is 0 Å². The summed E-state index contributed by atoms with van der Waals surface area (Å²) in [6.45, 7) is 3.32. The summed E-state index contributed by atoms with van der Waals surface area (Å²) in [6.07, 6.45) is 0.975. The Balaban J connectivity index is 1.70. The molecule has 1 amide bonds. The number of rotatable bonds is 8. The van der Waals surface area contributed by atoms with E-state index in [4.69, 9.17) is 9.47 Å². The lowest BCUT2D eigenvalue weighted by Gasteiger charge is -2.08. The molecule has 0 unspecified atom stereocenters. The lowest BCUT2D eigenvalue weighted by Crippen LogP contribution is -2.28. The van der Waals surface area contributed by atoms with Gasteiger partial charge in [0.15, 0.2) is 6.61 Å². The van der Waals surface area contributed by atoms with Gasteiger partial charge in [-0.1, -0.05) is 13.0 Å². The normalized spacial score (nSPS) is 10.1. The number of amides is 1. The number of ether oxygens (including phenoxy) is 2. The SMILES string of the molecule is CCCOc1ccc(OCC(=O)NCc2cccs2)cc1. The number of hydrogen-bond acceptors (Lipinski definition) is 4. The molecule has 0 fully saturated rings. The van der Waals surface area contributed by atoms with Crippen LogP contribution in [0, 0.1) is 0 Å². The molecule has 1 aromatic heterocycles. The zero-order valence-electron chi connectivity index (χ0n) is 12.0. The highest BCUT2D eigenvalue weighted by molar-refractivity contribution is 7.09. The number of carbonyl (C=O) groups is 1. The van der Waals surface area contributed by atoms with Crippen molar-refractivity contribution in [2.45, 2.75) is 19.9 Å². The Morgan fingerprint density at radius 1 is 1.14 bits per heavy atom. The van der Waals surface area contributed by atoms with Gasteiger partial charge in [0, 0.05) is 4.88 Å². The summed E-state index contributed by atoms with van der Waals surface area (Å²) >= 11 is 1.62. The molecule has 5 heteroatoms. The highest BCUT2D eigenvalue weighted by atomic mass is 32.1. The van der Waals surface area contributed by atoms with E-state index < -0.39 is 0 Å². The third-order valence-electron chi connectivity index (χ3n) is 2.71. The van der Waals surface area contributed by atoms with Crippen LogP contribution in [0.25, 0.3) is 0 Å². The fraction of sp³-hybridized carbons (Fsp3) is 0.312. The van der Waals surface area contributed by atoms with Crippen molar-refractivity contribution in [3.05, 3.63) is 46.7 Å². The van der Waals surface area contributed by atoms with Gasteiger partial charge < -0.3 is 14.8 Å². The Kier molecular flexibility index (Phi) is 6.09. The third kappa shape index (κ3) is 5.47. The van der Waals surface area contributed by atoms with Crippen molar-refractivity contribution in [2.24, 2.45) is 0 Å². The second kappa shape index (κ2) is 8.32. The largest absolute Gasteiger partial charge is 0.494 e. The molecule has 0 spiro atoms. The molecule has 0 atom stereocenters. The number of thiophene rings is 1. The topological polar surface area (TPSA) is 47.6 Å². The van der Waals surface area contributed by atoms with Gasteiger partial charge >= 0.3 is 0 Å². The molecule has 0 aliphatic heterocycles. The molecular weight excluding hydrogens is 286 g/mol. The van der Waals surface area contributed by atoms with Crippen LogP contribution >= 0.6 is 11.3 Å². The lowest BCUT2D eigenvalue weighted by atomic mass is 10.3. The summed E-state index contributed by atoms with van der Waals surface area (Å²) in [4.78, 5) is 12.8. The smallest absolute Gasteiger partial charge is 0.258 e. The second-order valence-corrected chi connectivity index (χ2v) is 5.50. The van der Waals surface area contributed by atoms with Crippen molar-refractivity contribution < 1.29 is 14.3 Å². The molecule has 0 saturated heterocycles. The number of carbonyl (C=O) groups excluding carboxylic acids is 1. The summed E-state index contributed by atoms with van der Waals surface area (Å²) in [7, 11) is 0. The molecule has 0 bridgehead atoms. The van der Waals surface area contributed by atoms with Crippen LogP contribution in [-0.4, -0.2) is 19.1 Å². The molecule has 2 aromatic rings. The maximum atomic E-state index is 11.7. The first-order chi connectivity index (χ1) is 10.3. The van der Waals surface area contributed by atoms with Crippen LogP contribution in [0.5, 0.6) is 11.5 Å². The van der Waals surface area contributed by atoms with Gasteiger partial charge in [-0.25, -0.2) is 0 Å². The summed E-state index contributed by atoms with van der Waals surface area (Å²) < 4.78 is 10.9. The fourth-order valence-electron chi connectivity index (χ4n) is 1.65. The van der Waals surface area contributed by atoms with Crippen molar-refractivity contribution in [3.8, 4) is 11.5 Å². The van der Waals surface area contributed by atoms with Crippen molar-refractivity contribution in [2.75, 3.05) is 13.2 Å². The van der Waals surface area contributed by atoms with E-state index in [1.165, 1.54) is 0 Å². The van der Waals surface area contributed by atoms with Gasteiger partial charge in [-0.2, -0.15) is 0 Å². The van der Waals surface area contributed by atoms with Gasteiger partial charge in [0.25, 0.3) is 5.91 Å². The second-order valence-electron chi connectivity index (χ2n) is 4.46. The average molecular weight is 305 g/mol. The Morgan fingerprint density at radius 3 is 2.48 bits per heavy atom.